The third kappa shape index (κ3) is 5.31. The van der Waals surface area contributed by atoms with Gasteiger partial charge in [-0.25, -0.2) is 9.97 Å². The minimum atomic E-state index is -0.191. The second kappa shape index (κ2) is 9.68. The zero-order valence-corrected chi connectivity index (χ0v) is 17.1. The highest BCUT2D eigenvalue weighted by atomic mass is 16.1. The molecule has 150 valence electrons. The highest BCUT2D eigenvalue weighted by Crippen LogP contribution is 2.19. The van der Waals surface area contributed by atoms with Crippen LogP contribution < -0.4 is 15.5 Å². The predicted octanol–water partition coefficient (Wildman–Crippen LogP) is 4.30. The molecule has 0 aliphatic heterocycles. The van der Waals surface area contributed by atoms with Crippen molar-refractivity contribution >= 4 is 23.2 Å². The average Bonchev–Trinajstić information content (AvgIpc) is 2.75. The van der Waals surface area contributed by atoms with E-state index in [0.717, 1.165) is 29.9 Å². The smallest absolute Gasteiger partial charge is 0.254 e. The van der Waals surface area contributed by atoms with Crippen molar-refractivity contribution in [3.8, 4) is 0 Å². The summed E-state index contributed by atoms with van der Waals surface area (Å²) in [5.41, 5.74) is 4.75. The van der Waals surface area contributed by atoms with Crippen molar-refractivity contribution in [3.05, 3.63) is 77.6 Å². The van der Waals surface area contributed by atoms with Crippen LogP contribution in [0.2, 0.25) is 0 Å². The number of carbonyl (C=O) groups is 1. The van der Waals surface area contributed by atoms with Crippen LogP contribution in [0.15, 0.2) is 60.9 Å². The molecule has 2 N–H and O–H groups in total. The minimum absolute atomic E-state index is 0.191. The van der Waals surface area contributed by atoms with Gasteiger partial charge in [0.25, 0.3) is 5.91 Å². The van der Waals surface area contributed by atoms with Crippen LogP contribution in [0.25, 0.3) is 0 Å². The molecule has 3 aromatic rings. The summed E-state index contributed by atoms with van der Waals surface area (Å²) in [5.74, 6) is 0.263. The van der Waals surface area contributed by atoms with Gasteiger partial charge in [0.15, 0.2) is 0 Å². The number of hydrogen-bond acceptors (Lipinski definition) is 5. The monoisotopic (exact) mass is 389 g/mol. The number of aryl methyl sites for hydroxylation is 1. The lowest BCUT2D eigenvalue weighted by atomic mass is 10.1. The van der Waals surface area contributed by atoms with Crippen LogP contribution in [0.4, 0.5) is 17.3 Å². The molecule has 1 aromatic heterocycles. The normalized spacial score (nSPS) is 10.4. The van der Waals surface area contributed by atoms with Crippen LogP contribution in [-0.2, 0) is 6.54 Å². The van der Waals surface area contributed by atoms with Crippen LogP contribution >= 0.6 is 0 Å². The molecule has 6 nitrogen and oxygen atoms in total. The van der Waals surface area contributed by atoms with Gasteiger partial charge in [-0.15, -0.1) is 0 Å². The van der Waals surface area contributed by atoms with E-state index in [-0.39, 0.29) is 5.91 Å². The fraction of sp³-hybridized carbons (Fsp3) is 0.261. The molecule has 0 saturated carbocycles. The van der Waals surface area contributed by atoms with Crippen LogP contribution in [0.3, 0.4) is 0 Å². The Hall–Kier alpha value is -3.41. The lowest BCUT2D eigenvalue weighted by Crippen LogP contribution is -2.23. The number of aromatic nitrogens is 2. The summed E-state index contributed by atoms with van der Waals surface area (Å²) in [5, 5.41) is 6.07. The molecule has 0 unspecified atom stereocenters. The van der Waals surface area contributed by atoms with Crippen molar-refractivity contribution in [2.75, 3.05) is 23.3 Å². The first-order chi connectivity index (χ1) is 14.1. The van der Waals surface area contributed by atoms with Gasteiger partial charge in [0.2, 0.25) is 5.95 Å². The third-order valence-corrected chi connectivity index (χ3v) is 4.87. The predicted molar refractivity (Wildman–Crippen MR) is 118 cm³/mol. The van der Waals surface area contributed by atoms with Crippen molar-refractivity contribution in [3.63, 3.8) is 0 Å². The standard InChI is InChI=1S/C23H27N5O/c1-4-28(5-2)21-12-10-20(11-13-21)27-23-25-15-19(16-26-23)22(29)24-14-18-9-7-6-8-17(18)3/h6-13,15-16H,4-5,14H2,1-3H3,(H,24,29)(H,25,26,27). The van der Waals surface area contributed by atoms with E-state index in [1.54, 1.807) is 0 Å². The van der Waals surface area contributed by atoms with Gasteiger partial charge < -0.3 is 15.5 Å². The number of hydrogen-bond donors (Lipinski definition) is 2. The number of benzene rings is 2. The largest absolute Gasteiger partial charge is 0.372 e. The van der Waals surface area contributed by atoms with E-state index in [2.05, 4.69) is 51.5 Å². The zero-order valence-electron chi connectivity index (χ0n) is 17.1. The minimum Gasteiger partial charge on any atom is -0.372 e. The molecule has 0 bridgehead atoms. The van der Waals surface area contributed by atoms with Gasteiger partial charge in [0.1, 0.15) is 0 Å². The maximum atomic E-state index is 12.3. The first-order valence-corrected chi connectivity index (χ1v) is 9.87. The molecule has 0 fully saturated rings. The molecule has 0 saturated heterocycles. The van der Waals surface area contributed by atoms with E-state index in [1.807, 2.05) is 43.3 Å². The molecule has 3 rings (SSSR count). The second-order valence-corrected chi connectivity index (χ2v) is 6.75. The van der Waals surface area contributed by atoms with Gasteiger partial charge in [-0.2, -0.15) is 0 Å². The van der Waals surface area contributed by atoms with Crippen LogP contribution in [-0.4, -0.2) is 29.0 Å². The number of carbonyl (C=O) groups excluding carboxylic acids is 1. The van der Waals surface area contributed by atoms with Gasteiger partial charge in [-0.1, -0.05) is 24.3 Å². The number of nitrogens with zero attached hydrogens (tertiary/aromatic N) is 3. The molecule has 0 aliphatic carbocycles. The van der Waals surface area contributed by atoms with Gasteiger partial charge in [-0.3, -0.25) is 4.79 Å². The molecule has 2 aromatic carbocycles. The van der Waals surface area contributed by atoms with Crippen molar-refractivity contribution < 1.29 is 4.79 Å². The Kier molecular flexibility index (Phi) is 6.79. The highest BCUT2D eigenvalue weighted by Gasteiger charge is 2.08. The topological polar surface area (TPSA) is 70.2 Å². The molecule has 0 atom stereocenters. The average molecular weight is 390 g/mol. The Bertz CT molecular complexity index is 934. The Labute approximate surface area is 172 Å². The number of amides is 1. The molecule has 1 amide bonds. The summed E-state index contributed by atoms with van der Waals surface area (Å²) < 4.78 is 0. The van der Waals surface area contributed by atoms with Gasteiger partial charge in [0.05, 0.1) is 5.56 Å². The molecule has 0 radical (unpaired) electrons. The molecule has 29 heavy (non-hydrogen) atoms. The Morgan fingerprint density at radius 1 is 0.966 bits per heavy atom. The first kappa shape index (κ1) is 20.3. The fourth-order valence-corrected chi connectivity index (χ4v) is 3.07. The van der Waals surface area contributed by atoms with Crippen molar-refractivity contribution in [2.24, 2.45) is 0 Å². The summed E-state index contributed by atoms with van der Waals surface area (Å²) >= 11 is 0. The van der Waals surface area contributed by atoms with E-state index in [1.165, 1.54) is 18.1 Å². The molecular formula is C23H27N5O. The fourth-order valence-electron chi connectivity index (χ4n) is 3.07. The van der Waals surface area contributed by atoms with Crippen LogP contribution in [0.5, 0.6) is 0 Å². The van der Waals surface area contributed by atoms with Crippen molar-refractivity contribution in [2.45, 2.75) is 27.3 Å². The zero-order chi connectivity index (χ0) is 20.6. The maximum absolute atomic E-state index is 12.3. The Morgan fingerprint density at radius 2 is 1.62 bits per heavy atom. The summed E-state index contributed by atoms with van der Waals surface area (Å²) in [6, 6.07) is 16.1. The van der Waals surface area contributed by atoms with Gasteiger partial charge in [-0.05, 0) is 56.2 Å². The first-order valence-electron chi connectivity index (χ1n) is 9.87. The highest BCUT2D eigenvalue weighted by molar-refractivity contribution is 5.93. The molecule has 0 aliphatic rings. The maximum Gasteiger partial charge on any atom is 0.254 e. The second-order valence-electron chi connectivity index (χ2n) is 6.75. The van der Waals surface area contributed by atoms with Crippen molar-refractivity contribution in [1.29, 1.82) is 0 Å². The lowest BCUT2D eigenvalue weighted by Gasteiger charge is -2.21. The summed E-state index contributed by atoms with van der Waals surface area (Å²) in [6.07, 6.45) is 3.07. The van der Waals surface area contributed by atoms with Crippen LogP contribution in [0, 0.1) is 6.92 Å². The van der Waals surface area contributed by atoms with Crippen molar-refractivity contribution in [1.82, 2.24) is 15.3 Å². The number of rotatable bonds is 8. The molecule has 6 heteroatoms. The molecule has 0 spiro atoms. The van der Waals surface area contributed by atoms with E-state index >= 15 is 0 Å². The Balaban J connectivity index is 1.58. The molecule has 1 heterocycles. The lowest BCUT2D eigenvalue weighted by molar-refractivity contribution is 0.0950. The number of anilines is 3. The van der Waals surface area contributed by atoms with E-state index in [4.69, 9.17) is 0 Å². The van der Waals surface area contributed by atoms with Gasteiger partial charge >= 0.3 is 0 Å². The summed E-state index contributed by atoms with van der Waals surface area (Å²) in [4.78, 5) is 23.2. The summed E-state index contributed by atoms with van der Waals surface area (Å²) in [6.45, 7) is 8.73. The van der Waals surface area contributed by atoms with E-state index in [9.17, 15) is 4.79 Å². The third-order valence-electron chi connectivity index (χ3n) is 4.87. The SMILES string of the molecule is CCN(CC)c1ccc(Nc2ncc(C(=O)NCc3ccccc3C)cn2)cc1. The van der Waals surface area contributed by atoms with E-state index in [0.29, 0.717) is 18.1 Å². The molecular weight excluding hydrogens is 362 g/mol. The quantitative estimate of drug-likeness (QED) is 0.601. The van der Waals surface area contributed by atoms with E-state index < -0.39 is 0 Å². The van der Waals surface area contributed by atoms with Crippen LogP contribution in [0.1, 0.15) is 35.3 Å². The van der Waals surface area contributed by atoms with Gasteiger partial charge in [0, 0.05) is 43.4 Å². The Morgan fingerprint density at radius 3 is 2.24 bits per heavy atom. The summed E-state index contributed by atoms with van der Waals surface area (Å²) in [7, 11) is 0. The number of nitrogens with one attached hydrogen (secondary N) is 2.